The predicted octanol–water partition coefficient (Wildman–Crippen LogP) is 3.45. The second-order valence-electron chi connectivity index (χ2n) is 4.67. The molecule has 0 aromatic heterocycles. The van der Waals surface area contributed by atoms with Crippen molar-refractivity contribution in [3.8, 4) is 5.75 Å². The average molecular weight is 307 g/mol. The van der Waals surface area contributed by atoms with E-state index in [0.717, 1.165) is 23.4 Å². The summed E-state index contributed by atoms with van der Waals surface area (Å²) in [4.78, 5) is 0.257. The first-order chi connectivity index (χ1) is 9.48. The zero-order valence-corrected chi connectivity index (χ0v) is 12.7. The van der Waals surface area contributed by atoms with E-state index in [0.29, 0.717) is 11.4 Å². The second kappa shape index (κ2) is 4.71. The zero-order chi connectivity index (χ0) is 14.3. The molecule has 0 saturated carbocycles. The number of sulfonamides is 1. The van der Waals surface area contributed by atoms with Crippen LogP contribution in [0.2, 0.25) is 0 Å². The van der Waals surface area contributed by atoms with Gasteiger partial charge in [-0.2, -0.15) is 3.71 Å². The molecule has 0 bridgehead atoms. The molecule has 3 rings (SSSR count). The molecule has 1 heterocycles. The number of rotatable bonds is 2. The molecule has 2 aromatic rings. The topological polar surface area (TPSA) is 46.6 Å². The lowest BCUT2D eigenvalue weighted by Crippen LogP contribution is -2.22. The van der Waals surface area contributed by atoms with E-state index in [-0.39, 0.29) is 4.90 Å². The van der Waals surface area contributed by atoms with Crippen molar-refractivity contribution in [1.29, 1.82) is 0 Å². The van der Waals surface area contributed by atoms with Crippen LogP contribution < -0.4 is 7.89 Å². The van der Waals surface area contributed by atoms with Gasteiger partial charge in [0, 0.05) is 0 Å². The summed E-state index contributed by atoms with van der Waals surface area (Å²) in [7, 11) is -3.61. The normalized spacial score (nSPS) is 14.0. The van der Waals surface area contributed by atoms with Gasteiger partial charge in [-0.25, -0.2) is 8.42 Å². The summed E-state index contributed by atoms with van der Waals surface area (Å²) >= 11 is 0.831. The first-order valence-electron chi connectivity index (χ1n) is 6.06. The third-order valence-electron chi connectivity index (χ3n) is 3.04. The number of benzene rings is 2. The number of nitrogens with zero attached hydrogens (tertiary/aromatic N) is 1. The first kappa shape index (κ1) is 13.3. The summed E-state index contributed by atoms with van der Waals surface area (Å²) in [6, 6.07) is 12.2. The molecule has 4 nitrogen and oxygen atoms in total. The Kier molecular flexibility index (Phi) is 3.14. The minimum absolute atomic E-state index is 0.257. The second-order valence-corrected chi connectivity index (χ2v) is 7.37. The van der Waals surface area contributed by atoms with Gasteiger partial charge in [0.25, 0.3) is 10.0 Å². The third-order valence-corrected chi connectivity index (χ3v) is 5.90. The average Bonchev–Trinajstić information content (AvgIpc) is 2.82. The van der Waals surface area contributed by atoms with Crippen molar-refractivity contribution in [2.24, 2.45) is 0 Å². The highest BCUT2D eigenvalue weighted by molar-refractivity contribution is 8.12. The van der Waals surface area contributed by atoms with Crippen molar-refractivity contribution in [3.63, 3.8) is 0 Å². The van der Waals surface area contributed by atoms with E-state index in [1.165, 1.54) is 3.71 Å². The predicted molar refractivity (Wildman–Crippen MR) is 80.2 cm³/mol. The molecular formula is C14H13NO3S2. The van der Waals surface area contributed by atoms with Crippen LogP contribution in [0.15, 0.2) is 47.4 Å². The van der Waals surface area contributed by atoms with Gasteiger partial charge in [-0.15, -0.1) is 0 Å². The van der Waals surface area contributed by atoms with Gasteiger partial charge in [0.1, 0.15) is 5.69 Å². The molecule has 0 unspecified atom stereocenters. The Hall–Kier alpha value is -1.66. The molecule has 6 heteroatoms. The highest BCUT2D eigenvalue weighted by Gasteiger charge is 2.34. The van der Waals surface area contributed by atoms with Gasteiger partial charge in [-0.3, -0.25) is 0 Å². The number of aryl methyl sites for hydroxylation is 2. The summed E-state index contributed by atoms with van der Waals surface area (Å²) in [6.07, 6.45) is 0. The number of fused-ring (bicyclic) bond motifs is 1. The van der Waals surface area contributed by atoms with E-state index in [4.69, 9.17) is 4.18 Å². The molecule has 2 aromatic carbocycles. The maximum absolute atomic E-state index is 12.6. The molecule has 20 heavy (non-hydrogen) atoms. The van der Waals surface area contributed by atoms with E-state index in [2.05, 4.69) is 0 Å². The fourth-order valence-electron chi connectivity index (χ4n) is 1.93. The molecule has 0 N–H and O–H groups in total. The quantitative estimate of drug-likeness (QED) is 0.630. The highest BCUT2D eigenvalue weighted by atomic mass is 32.3. The third kappa shape index (κ3) is 2.14. The van der Waals surface area contributed by atoms with Crippen LogP contribution in [0.1, 0.15) is 11.1 Å². The maximum Gasteiger partial charge on any atom is 0.276 e. The van der Waals surface area contributed by atoms with Crippen LogP contribution in [0.25, 0.3) is 0 Å². The fraction of sp³-hybridized carbons (Fsp3) is 0.143. The van der Waals surface area contributed by atoms with Crippen LogP contribution in [0.4, 0.5) is 5.69 Å². The van der Waals surface area contributed by atoms with Crippen molar-refractivity contribution < 1.29 is 12.6 Å². The largest absolute Gasteiger partial charge is 0.402 e. The van der Waals surface area contributed by atoms with Crippen molar-refractivity contribution >= 4 is 27.9 Å². The van der Waals surface area contributed by atoms with Crippen LogP contribution in [-0.2, 0) is 10.0 Å². The van der Waals surface area contributed by atoms with E-state index in [1.807, 2.05) is 26.0 Å². The Morgan fingerprint density at radius 3 is 2.35 bits per heavy atom. The van der Waals surface area contributed by atoms with Crippen molar-refractivity contribution in [2.75, 3.05) is 3.71 Å². The maximum atomic E-state index is 12.6. The summed E-state index contributed by atoms with van der Waals surface area (Å²) in [5, 5.41) is 0. The lowest BCUT2D eigenvalue weighted by Gasteiger charge is -2.14. The zero-order valence-electron chi connectivity index (χ0n) is 11.0. The summed E-state index contributed by atoms with van der Waals surface area (Å²) in [6.45, 7) is 3.85. The molecular weight excluding hydrogens is 294 g/mol. The molecule has 0 amide bonds. The smallest absolute Gasteiger partial charge is 0.276 e. The van der Waals surface area contributed by atoms with Gasteiger partial charge >= 0.3 is 0 Å². The van der Waals surface area contributed by atoms with Crippen LogP contribution in [0, 0.1) is 13.8 Å². The molecule has 1 aliphatic heterocycles. The van der Waals surface area contributed by atoms with Crippen molar-refractivity contribution in [3.05, 3.63) is 53.6 Å². The summed E-state index contributed by atoms with van der Waals surface area (Å²) in [5.74, 6) is 0.575. The van der Waals surface area contributed by atoms with Gasteiger partial charge in [0.15, 0.2) is 18.0 Å². The van der Waals surface area contributed by atoms with E-state index >= 15 is 0 Å². The summed E-state index contributed by atoms with van der Waals surface area (Å²) < 4.78 is 31.8. The Bertz CT molecular complexity index is 754. The van der Waals surface area contributed by atoms with Crippen LogP contribution in [-0.4, -0.2) is 8.42 Å². The molecule has 104 valence electrons. The van der Waals surface area contributed by atoms with Crippen LogP contribution in [0.5, 0.6) is 5.75 Å². The van der Waals surface area contributed by atoms with Gasteiger partial charge < -0.3 is 4.18 Å². The van der Waals surface area contributed by atoms with Gasteiger partial charge in [-0.05, 0) is 43.7 Å². The van der Waals surface area contributed by atoms with E-state index in [1.54, 1.807) is 30.3 Å². The molecule has 0 fully saturated rings. The molecule has 0 radical (unpaired) electrons. The molecule has 0 aliphatic carbocycles. The lowest BCUT2D eigenvalue weighted by atomic mass is 10.2. The highest BCUT2D eigenvalue weighted by Crippen LogP contribution is 2.45. The lowest BCUT2D eigenvalue weighted by molar-refractivity contribution is 0.598. The van der Waals surface area contributed by atoms with E-state index in [9.17, 15) is 8.42 Å². The minimum atomic E-state index is -3.61. The van der Waals surface area contributed by atoms with Gasteiger partial charge in [0.05, 0.1) is 4.90 Å². The first-order valence-corrected chi connectivity index (χ1v) is 8.19. The Balaban J connectivity index is 2.05. The van der Waals surface area contributed by atoms with Gasteiger partial charge in [0.2, 0.25) is 0 Å². The Labute approximate surface area is 122 Å². The van der Waals surface area contributed by atoms with Crippen molar-refractivity contribution in [2.45, 2.75) is 18.7 Å². The Morgan fingerprint density at radius 1 is 1.00 bits per heavy atom. The summed E-state index contributed by atoms with van der Waals surface area (Å²) in [5.41, 5.74) is 2.60. The number of hydrogen-bond acceptors (Lipinski definition) is 4. The van der Waals surface area contributed by atoms with Crippen LogP contribution in [0.3, 0.4) is 0 Å². The monoisotopic (exact) mass is 307 g/mol. The number of hydrogen-bond donors (Lipinski definition) is 0. The molecule has 0 saturated heterocycles. The SMILES string of the molecule is Cc1ccc(S(=O)(=O)N2SOc3cc(C)ccc32)cc1. The standard InChI is InChI=1S/C14H13NO3S2/c1-10-3-6-12(7-4-10)20(16,17)15-13-8-5-11(2)9-14(13)18-19-15/h3-9H,1-2H3. The van der Waals surface area contributed by atoms with E-state index < -0.39 is 10.0 Å². The number of anilines is 1. The van der Waals surface area contributed by atoms with Crippen LogP contribution >= 0.6 is 12.2 Å². The molecule has 0 atom stereocenters. The Morgan fingerprint density at radius 2 is 1.65 bits per heavy atom. The minimum Gasteiger partial charge on any atom is -0.402 e. The molecule has 0 spiro atoms. The van der Waals surface area contributed by atoms with Gasteiger partial charge in [-0.1, -0.05) is 23.8 Å². The fourth-order valence-corrected chi connectivity index (χ4v) is 4.19. The van der Waals surface area contributed by atoms with Crippen molar-refractivity contribution in [1.82, 2.24) is 0 Å². The molecule has 1 aliphatic rings.